The van der Waals surface area contributed by atoms with Crippen LogP contribution in [0.5, 0.6) is 0 Å². The van der Waals surface area contributed by atoms with Crippen molar-refractivity contribution >= 4 is 17.5 Å². The van der Waals surface area contributed by atoms with Gasteiger partial charge in [-0.15, -0.1) is 0 Å². The standard InChI is InChI=1S/C21H15ClF2N4O2/c22-15-6-3-13(4-7-15)20-26-21(30-27-20)18-2-1-9-28(18)12-19(29)25-11-14-5-8-16(23)10-17(14)24/h1-10H,11-12H2,(H,25,29). The third-order valence-electron chi connectivity index (χ3n) is 4.38. The lowest BCUT2D eigenvalue weighted by atomic mass is 10.2. The van der Waals surface area contributed by atoms with Gasteiger partial charge in [-0.25, -0.2) is 8.78 Å². The molecule has 1 amide bonds. The van der Waals surface area contributed by atoms with Gasteiger partial charge in [0.2, 0.25) is 11.7 Å². The summed E-state index contributed by atoms with van der Waals surface area (Å²) in [5, 5.41) is 7.18. The molecule has 30 heavy (non-hydrogen) atoms. The average Bonchev–Trinajstić information content (AvgIpc) is 3.37. The summed E-state index contributed by atoms with van der Waals surface area (Å²) in [5.74, 6) is -1.09. The van der Waals surface area contributed by atoms with E-state index in [2.05, 4.69) is 15.5 Å². The molecule has 1 N–H and O–H groups in total. The molecule has 0 fully saturated rings. The van der Waals surface area contributed by atoms with E-state index in [1.54, 1.807) is 47.2 Å². The maximum absolute atomic E-state index is 13.7. The molecule has 0 aliphatic rings. The highest BCUT2D eigenvalue weighted by molar-refractivity contribution is 6.30. The topological polar surface area (TPSA) is 73.0 Å². The van der Waals surface area contributed by atoms with Crippen LogP contribution in [0, 0.1) is 11.6 Å². The predicted octanol–water partition coefficient (Wildman–Crippen LogP) is 4.45. The summed E-state index contributed by atoms with van der Waals surface area (Å²) in [6, 6.07) is 13.7. The monoisotopic (exact) mass is 428 g/mol. The SMILES string of the molecule is O=C(Cn1cccc1-c1nc(-c2ccc(Cl)cc2)no1)NCc1ccc(F)cc1F. The van der Waals surface area contributed by atoms with Gasteiger partial charge in [0.05, 0.1) is 0 Å². The molecule has 2 aromatic heterocycles. The second kappa shape index (κ2) is 8.46. The first-order valence-electron chi connectivity index (χ1n) is 8.95. The van der Waals surface area contributed by atoms with Gasteiger partial charge < -0.3 is 14.4 Å². The molecular weight excluding hydrogens is 414 g/mol. The highest BCUT2D eigenvalue weighted by atomic mass is 35.5. The molecule has 6 nitrogen and oxygen atoms in total. The van der Waals surface area contributed by atoms with E-state index in [9.17, 15) is 13.6 Å². The molecule has 0 atom stereocenters. The van der Waals surface area contributed by atoms with Crippen molar-refractivity contribution in [3.05, 3.63) is 83.0 Å². The van der Waals surface area contributed by atoms with E-state index in [4.69, 9.17) is 16.1 Å². The molecule has 0 bridgehead atoms. The number of hydrogen-bond donors (Lipinski definition) is 1. The van der Waals surface area contributed by atoms with Crippen LogP contribution in [0.2, 0.25) is 5.02 Å². The van der Waals surface area contributed by atoms with Gasteiger partial charge in [-0.05, 0) is 42.5 Å². The van der Waals surface area contributed by atoms with E-state index in [0.717, 1.165) is 17.7 Å². The number of aromatic nitrogens is 3. The summed E-state index contributed by atoms with van der Waals surface area (Å²) >= 11 is 5.89. The predicted molar refractivity (Wildman–Crippen MR) is 106 cm³/mol. The summed E-state index contributed by atoms with van der Waals surface area (Å²) in [4.78, 5) is 16.7. The zero-order valence-corrected chi connectivity index (χ0v) is 16.2. The minimum absolute atomic E-state index is 0.0379. The number of carbonyl (C=O) groups excluding carboxylic acids is 1. The van der Waals surface area contributed by atoms with Crippen molar-refractivity contribution in [3.8, 4) is 23.0 Å². The fraction of sp³-hybridized carbons (Fsp3) is 0.0952. The van der Waals surface area contributed by atoms with Gasteiger partial charge in [0.1, 0.15) is 23.9 Å². The lowest BCUT2D eigenvalue weighted by Gasteiger charge is -2.09. The lowest BCUT2D eigenvalue weighted by molar-refractivity contribution is -0.121. The smallest absolute Gasteiger partial charge is 0.274 e. The lowest BCUT2D eigenvalue weighted by Crippen LogP contribution is -2.27. The molecule has 0 unspecified atom stereocenters. The van der Waals surface area contributed by atoms with Gasteiger partial charge in [-0.1, -0.05) is 22.8 Å². The third kappa shape index (κ3) is 4.38. The average molecular weight is 429 g/mol. The highest BCUT2D eigenvalue weighted by Gasteiger charge is 2.16. The first-order valence-corrected chi connectivity index (χ1v) is 9.33. The van der Waals surface area contributed by atoms with Gasteiger partial charge in [-0.2, -0.15) is 4.98 Å². The summed E-state index contributed by atoms with van der Waals surface area (Å²) in [7, 11) is 0. The van der Waals surface area contributed by atoms with Crippen LogP contribution in [0.15, 0.2) is 65.3 Å². The van der Waals surface area contributed by atoms with Crippen LogP contribution in [0.25, 0.3) is 23.0 Å². The number of amides is 1. The molecule has 152 valence electrons. The van der Waals surface area contributed by atoms with Crippen molar-refractivity contribution in [2.75, 3.05) is 0 Å². The van der Waals surface area contributed by atoms with Gasteiger partial charge in [-0.3, -0.25) is 4.79 Å². The molecule has 2 aromatic carbocycles. The van der Waals surface area contributed by atoms with Gasteiger partial charge in [0, 0.05) is 35.0 Å². The Kier molecular flexibility index (Phi) is 5.58. The number of rotatable bonds is 6. The minimum atomic E-state index is -0.711. The Bertz CT molecular complexity index is 1190. The molecule has 4 aromatic rings. The number of nitrogens with one attached hydrogen (secondary N) is 1. The van der Waals surface area contributed by atoms with Crippen LogP contribution in [-0.4, -0.2) is 20.6 Å². The largest absolute Gasteiger partial charge is 0.350 e. The van der Waals surface area contributed by atoms with Crippen LogP contribution < -0.4 is 5.32 Å². The van der Waals surface area contributed by atoms with Crippen molar-refractivity contribution in [1.29, 1.82) is 0 Å². The van der Waals surface area contributed by atoms with Crippen LogP contribution in [0.1, 0.15) is 5.56 Å². The maximum Gasteiger partial charge on any atom is 0.274 e. The Morgan fingerprint density at radius 3 is 2.70 bits per heavy atom. The van der Waals surface area contributed by atoms with Gasteiger partial charge >= 0.3 is 0 Å². The summed E-state index contributed by atoms with van der Waals surface area (Å²) < 4.78 is 33.6. The molecule has 4 rings (SSSR count). The number of benzene rings is 2. The molecule has 9 heteroatoms. The minimum Gasteiger partial charge on any atom is -0.350 e. The molecule has 0 spiro atoms. The van der Waals surface area contributed by atoms with E-state index in [0.29, 0.717) is 16.5 Å². The normalized spacial score (nSPS) is 10.9. The Balaban J connectivity index is 1.44. The second-order valence-electron chi connectivity index (χ2n) is 6.46. The Morgan fingerprint density at radius 1 is 1.13 bits per heavy atom. The van der Waals surface area contributed by atoms with Crippen molar-refractivity contribution in [1.82, 2.24) is 20.0 Å². The summed E-state index contributed by atoms with van der Waals surface area (Å²) in [5.41, 5.74) is 1.50. The first-order chi connectivity index (χ1) is 14.5. The van der Waals surface area contributed by atoms with Crippen LogP contribution in [0.3, 0.4) is 0 Å². The van der Waals surface area contributed by atoms with Crippen molar-refractivity contribution in [3.63, 3.8) is 0 Å². The zero-order valence-electron chi connectivity index (χ0n) is 15.5. The second-order valence-corrected chi connectivity index (χ2v) is 6.90. The molecule has 0 saturated carbocycles. The fourth-order valence-electron chi connectivity index (χ4n) is 2.86. The molecule has 0 saturated heterocycles. The Labute approximate surface area is 175 Å². The molecule has 0 aliphatic carbocycles. The van der Waals surface area contributed by atoms with E-state index < -0.39 is 11.6 Å². The number of halogens is 3. The van der Waals surface area contributed by atoms with E-state index in [-0.39, 0.29) is 30.5 Å². The fourth-order valence-corrected chi connectivity index (χ4v) is 2.99. The highest BCUT2D eigenvalue weighted by Crippen LogP contribution is 2.24. The molecule has 0 aliphatic heterocycles. The van der Waals surface area contributed by atoms with E-state index in [1.165, 1.54) is 6.07 Å². The van der Waals surface area contributed by atoms with Crippen LogP contribution in [-0.2, 0) is 17.9 Å². The number of nitrogens with zero attached hydrogens (tertiary/aromatic N) is 3. The number of carbonyl (C=O) groups is 1. The van der Waals surface area contributed by atoms with E-state index >= 15 is 0 Å². The van der Waals surface area contributed by atoms with Crippen molar-refractivity contribution in [2.45, 2.75) is 13.1 Å². The van der Waals surface area contributed by atoms with Crippen LogP contribution in [0.4, 0.5) is 8.78 Å². The third-order valence-corrected chi connectivity index (χ3v) is 4.63. The zero-order chi connectivity index (χ0) is 21.1. The maximum atomic E-state index is 13.7. The molecule has 0 radical (unpaired) electrons. The summed E-state index contributed by atoms with van der Waals surface area (Å²) in [6.07, 6.45) is 1.69. The Hall–Kier alpha value is -3.52. The quantitative estimate of drug-likeness (QED) is 0.492. The van der Waals surface area contributed by atoms with Crippen molar-refractivity contribution < 1.29 is 18.1 Å². The van der Waals surface area contributed by atoms with Crippen molar-refractivity contribution in [2.24, 2.45) is 0 Å². The Morgan fingerprint density at radius 2 is 1.93 bits per heavy atom. The van der Waals surface area contributed by atoms with Gasteiger partial charge in [0.25, 0.3) is 5.89 Å². The first kappa shape index (κ1) is 19.8. The molecular formula is C21H15ClF2N4O2. The summed E-state index contributed by atoms with van der Waals surface area (Å²) in [6.45, 7) is -0.0906. The number of hydrogen-bond acceptors (Lipinski definition) is 4. The van der Waals surface area contributed by atoms with Crippen LogP contribution >= 0.6 is 11.6 Å². The van der Waals surface area contributed by atoms with E-state index in [1.807, 2.05) is 0 Å². The molecule has 2 heterocycles. The van der Waals surface area contributed by atoms with Gasteiger partial charge in [0.15, 0.2) is 0 Å².